The third kappa shape index (κ3) is 2.30. The van der Waals surface area contributed by atoms with Gasteiger partial charge in [-0.3, -0.25) is 4.57 Å². The molecule has 2 heterocycles. The van der Waals surface area contributed by atoms with Gasteiger partial charge in [0.1, 0.15) is 6.33 Å². The molecule has 0 spiro atoms. The van der Waals surface area contributed by atoms with E-state index in [4.69, 9.17) is 0 Å². The second-order valence-electron chi connectivity index (χ2n) is 3.58. The Morgan fingerprint density at radius 2 is 2.38 bits per heavy atom. The number of aryl methyl sites for hydroxylation is 2. The van der Waals surface area contributed by atoms with E-state index in [9.17, 15) is 4.79 Å². The summed E-state index contributed by atoms with van der Waals surface area (Å²) in [6.45, 7) is 4.73. The zero-order chi connectivity index (χ0) is 11.5. The Balaban J connectivity index is 1.95. The molecule has 0 fully saturated rings. The van der Waals surface area contributed by atoms with Crippen molar-refractivity contribution in [2.24, 2.45) is 0 Å². The molecule has 4 nitrogen and oxygen atoms in total. The lowest BCUT2D eigenvalue weighted by Gasteiger charge is -2.02. The first-order valence-electron chi connectivity index (χ1n) is 4.99. The first-order chi connectivity index (χ1) is 7.66. The van der Waals surface area contributed by atoms with E-state index < -0.39 is 0 Å². The number of imidazole rings is 1. The average Bonchev–Trinajstić information content (AvgIpc) is 2.86. The summed E-state index contributed by atoms with van der Waals surface area (Å²) in [4.78, 5) is 17.9. The fourth-order valence-electron chi connectivity index (χ4n) is 1.37. The van der Waals surface area contributed by atoms with Gasteiger partial charge in [-0.1, -0.05) is 0 Å². The smallest absolute Gasteiger partial charge is 0.327 e. The highest BCUT2D eigenvalue weighted by Gasteiger charge is 2.05. The molecule has 0 saturated carbocycles. The van der Waals surface area contributed by atoms with Gasteiger partial charge in [-0.05, 0) is 25.5 Å². The number of hydrogen-bond acceptors (Lipinski definition) is 3. The second kappa shape index (κ2) is 4.49. The minimum absolute atomic E-state index is 0.152. The molecule has 84 valence electrons. The third-order valence-electron chi connectivity index (χ3n) is 2.37. The fraction of sp³-hybridized carbons (Fsp3) is 0.273. The molecule has 2 aromatic heterocycles. The minimum Gasteiger partial charge on any atom is -0.332 e. The fourth-order valence-corrected chi connectivity index (χ4v) is 2.36. The molecular formula is C11H13N3OS. The van der Waals surface area contributed by atoms with Gasteiger partial charge < -0.3 is 5.32 Å². The van der Waals surface area contributed by atoms with Crippen molar-refractivity contribution in [2.45, 2.75) is 20.4 Å². The van der Waals surface area contributed by atoms with Gasteiger partial charge in [-0.25, -0.2) is 9.78 Å². The number of thiophene rings is 1. The van der Waals surface area contributed by atoms with Crippen molar-refractivity contribution in [3.63, 3.8) is 0 Å². The Bertz CT molecular complexity index is 468. The maximum atomic E-state index is 11.6. The average molecular weight is 235 g/mol. The summed E-state index contributed by atoms with van der Waals surface area (Å²) in [5.41, 5.74) is 1.27. The lowest BCUT2D eigenvalue weighted by atomic mass is 10.3. The standard InChI is InChI=1S/C11H13N3OS/c1-8-5-10(16-9(8)2)6-13-11(15)14-4-3-12-7-14/h3-5,7H,6H2,1-2H3,(H,13,15). The van der Waals surface area contributed by atoms with Crippen LogP contribution in [0.2, 0.25) is 0 Å². The number of nitrogens with one attached hydrogen (secondary N) is 1. The number of nitrogens with zero attached hydrogens (tertiary/aromatic N) is 2. The van der Waals surface area contributed by atoms with E-state index in [1.165, 1.54) is 26.2 Å². The maximum Gasteiger partial charge on any atom is 0.327 e. The van der Waals surface area contributed by atoms with E-state index in [2.05, 4.69) is 30.2 Å². The minimum atomic E-state index is -0.152. The van der Waals surface area contributed by atoms with Crippen molar-refractivity contribution in [1.82, 2.24) is 14.9 Å². The summed E-state index contributed by atoms with van der Waals surface area (Å²) < 4.78 is 1.42. The summed E-state index contributed by atoms with van der Waals surface area (Å²) in [6, 6.07) is 1.95. The van der Waals surface area contributed by atoms with Crippen molar-refractivity contribution >= 4 is 17.4 Å². The van der Waals surface area contributed by atoms with Gasteiger partial charge in [0, 0.05) is 22.1 Å². The molecule has 0 aliphatic heterocycles. The molecule has 5 heteroatoms. The van der Waals surface area contributed by atoms with Crippen molar-refractivity contribution < 1.29 is 4.79 Å². The van der Waals surface area contributed by atoms with Crippen LogP contribution in [-0.4, -0.2) is 15.6 Å². The monoisotopic (exact) mass is 235 g/mol. The molecular weight excluding hydrogens is 222 g/mol. The molecule has 0 unspecified atom stereocenters. The summed E-state index contributed by atoms with van der Waals surface area (Å²) in [6.07, 6.45) is 4.69. The van der Waals surface area contributed by atoms with Crippen LogP contribution in [0, 0.1) is 13.8 Å². The number of hydrogen-bond donors (Lipinski definition) is 1. The Labute approximate surface area is 97.9 Å². The molecule has 1 N–H and O–H groups in total. The lowest BCUT2D eigenvalue weighted by molar-refractivity contribution is 0.242. The topological polar surface area (TPSA) is 46.9 Å². The summed E-state index contributed by atoms with van der Waals surface area (Å²) in [5, 5.41) is 2.84. The van der Waals surface area contributed by atoms with Gasteiger partial charge in [0.2, 0.25) is 0 Å². The predicted octanol–water partition coefficient (Wildman–Crippen LogP) is 2.32. The van der Waals surface area contributed by atoms with Gasteiger partial charge >= 0.3 is 6.03 Å². The molecule has 0 saturated heterocycles. The van der Waals surface area contributed by atoms with Gasteiger partial charge in [0.15, 0.2) is 0 Å². The van der Waals surface area contributed by atoms with Gasteiger partial charge in [0.05, 0.1) is 6.54 Å². The van der Waals surface area contributed by atoms with Gasteiger partial charge in [0.25, 0.3) is 0 Å². The highest BCUT2D eigenvalue weighted by molar-refractivity contribution is 7.12. The van der Waals surface area contributed by atoms with E-state index in [1.54, 1.807) is 23.7 Å². The molecule has 0 radical (unpaired) electrons. The second-order valence-corrected chi connectivity index (χ2v) is 4.92. The van der Waals surface area contributed by atoms with E-state index >= 15 is 0 Å². The SMILES string of the molecule is Cc1cc(CNC(=O)n2ccnc2)sc1C. The molecule has 2 aromatic rings. The van der Waals surface area contributed by atoms with Gasteiger partial charge in [-0.2, -0.15) is 0 Å². The first kappa shape index (κ1) is 10.9. The van der Waals surface area contributed by atoms with Crippen LogP contribution in [0.4, 0.5) is 4.79 Å². The van der Waals surface area contributed by atoms with Crippen molar-refractivity contribution in [3.8, 4) is 0 Å². The summed E-state index contributed by atoms with van der Waals surface area (Å²) in [5.74, 6) is 0. The molecule has 0 atom stereocenters. The molecule has 0 bridgehead atoms. The van der Waals surface area contributed by atoms with E-state index in [1.807, 2.05) is 0 Å². The summed E-state index contributed by atoms with van der Waals surface area (Å²) in [7, 11) is 0. The Morgan fingerprint density at radius 1 is 1.56 bits per heavy atom. The highest BCUT2D eigenvalue weighted by atomic mass is 32.1. The van der Waals surface area contributed by atoms with Crippen molar-refractivity contribution in [1.29, 1.82) is 0 Å². The van der Waals surface area contributed by atoms with Crippen LogP contribution in [0.15, 0.2) is 24.8 Å². The number of carbonyl (C=O) groups is 1. The number of rotatable bonds is 2. The lowest BCUT2D eigenvalue weighted by Crippen LogP contribution is -2.26. The molecule has 16 heavy (non-hydrogen) atoms. The molecule has 2 rings (SSSR count). The first-order valence-corrected chi connectivity index (χ1v) is 5.80. The zero-order valence-electron chi connectivity index (χ0n) is 9.23. The molecule has 0 aliphatic carbocycles. The van der Waals surface area contributed by atoms with Crippen LogP contribution in [0.5, 0.6) is 0 Å². The Hall–Kier alpha value is -1.62. The van der Waals surface area contributed by atoms with E-state index in [-0.39, 0.29) is 6.03 Å². The Kier molecular flexibility index (Phi) is 3.05. The summed E-state index contributed by atoms with van der Waals surface area (Å²) >= 11 is 1.71. The predicted molar refractivity (Wildman–Crippen MR) is 63.7 cm³/mol. The zero-order valence-corrected chi connectivity index (χ0v) is 10.0. The molecule has 0 aliphatic rings. The maximum absolute atomic E-state index is 11.6. The van der Waals surface area contributed by atoms with Crippen LogP contribution < -0.4 is 5.32 Å². The van der Waals surface area contributed by atoms with Crippen LogP contribution >= 0.6 is 11.3 Å². The number of carbonyl (C=O) groups excluding carboxylic acids is 1. The quantitative estimate of drug-likeness (QED) is 0.868. The van der Waals surface area contributed by atoms with Crippen LogP contribution in [0.3, 0.4) is 0 Å². The van der Waals surface area contributed by atoms with E-state index in [0.29, 0.717) is 6.54 Å². The van der Waals surface area contributed by atoms with E-state index in [0.717, 1.165) is 0 Å². The number of amides is 1. The van der Waals surface area contributed by atoms with Crippen molar-refractivity contribution in [2.75, 3.05) is 0 Å². The molecule has 1 amide bonds. The highest BCUT2D eigenvalue weighted by Crippen LogP contribution is 2.20. The molecule has 0 aromatic carbocycles. The number of aromatic nitrogens is 2. The van der Waals surface area contributed by atoms with Crippen LogP contribution in [0.25, 0.3) is 0 Å². The van der Waals surface area contributed by atoms with Crippen LogP contribution in [0.1, 0.15) is 15.3 Å². The van der Waals surface area contributed by atoms with Crippen LogP contribution in [-0.2, 0) is 6.54 Å². The van der Waals surface area contributed by atoms with Gasteiger partial charge in [-0.15, -0.1) is 11.3 Å². The van der Waals surface area contributed by atoms with Crippen molar-refractivity contribution in [3.05, 3.63) is 40.1 Å². The Morgan fingerprint density at radius 3 is 2.94 bits per heavy atom. The largest absolute Gasteiger partial charge is 0.332 e. The third-order valence-corrected chi connectivity index (χ3v) is 3.52. The normalized spacial score (nSPS) is 10.4.